The van der Waals surface area contributed by atoms with Crippen molar-refractivity contribution >= 4 is 28.8 Å². The zero-order chi connectivity index (χ0) is 18.9. The Balaban J connectivity index is 2.57. The Morgan fingerprint density at radius 2 is 1.80 bits per heavy atom. The molecule has 0 fully saturated rings. The summed E-state index contributed by atoms with van der Waals surface area (Å²) in [4.78, 5) is 36.4. The third-order valence-corrected chi connectivity index (χ3v) is 4.02. The van der Waals surface area contributed by atoms with E-state index < -0.39 is 35.6 Å². The number of aliphatic hydroxyl groups excluding tert-OH is 1. The fraction of sp³-hybridized carbons (Fsp3) is 0.267. The maximum Gasteiger partial charge on any atom is 0.335 e. The number of carbonyl (C=O) groups is 3. The standard InChI is InChI=1S/C15H17N3O7/c16-9(12(20)21)3-6-5-18-10-2-1-7(4-8(6)10)15(17,14(24)25)11(19)13(22)23/h1-2,4-5,9,11,18-19H,3,16-17H2,(H,20,21)(H,22,23)(H,24,25)/t9?,11?,15-/m0/s1. The van der Waals surface area contributed by atoms with Crippen molar-refractivity contribution in [3.8, 4) is 0 Å². The quantitative estimate of drug-likeness (QED) is 0.320. The number of benzene rings is 1. The number of nitrogens with one attached hydrogen (secondary N) is 1. The van der Waals surface area contributed by atoms with Gasteiger partial charge in [-0.15, -0.1) is 0 Å². The Morgan fingerprint density at radius 3 is 2.32 bits per heavy atom. The summed E-state index contributed by atoms with van der Waals surface area (Å²) >= 11 is 0. The van der Waals surface area contributed by atoms with E-state index in [1.54, 1.807) is 0 Å². The lowest BCUT2D eigenvalue weighted by atomic mass is 9.84. The number of fused-ring (bicyclic) bond motifs is 1. The van der Waals surface area contributed by atoms with Crippen molar-refractivity contribution in [3.63, 3.8) is 0 Å². The zero-order valence-electron chi connectivity index (χ0n) is 12.8. The van der Waals surface area contributed by atoms with Crippen molar-refractivity contribution in [2.45, 2.75) is 24.1 Å². The molecule has 2 aromatic rings. The first kappa shape index (κ1) is 18.4. The maximum absolute atomic E-state index is 11.5. The minimum absolute atomic E-state index is 0.0368. The first-order valence-electron chi connectivity index (χ1n) is 7.11. The number of carboxylic acids is 3. The molecule has 0 bridgehead atoms. The predicted molar refractivity (Wildman–Crippen MR) is 84.8 cm³/mol. The van der Waals surface area contributed by atoms with E-state index in [2.05, 4.69) is 4.98 Å². The van der Waals surface area contributed by atoms with Gasteiger partial charge in [-0.25, -0.2) is 9.59 Å². The molecule has 10 heteroatoms. The second-order valence-corrected chi connectivity index (χ2v) is 5.64. The molecule has 2 rings (SSSR count). The van der Waals surface area contributed by atoms with E-state index in [1.807, 2.05) is 0 Å². The molecule has 0 saturated carbocycles. The van der Waals surface area contributed by atoms with Gasteiger partial charge in [0.05, 0.1) is 0 Å². The van der Waals surface area contributed by atoms with Crippen molar-refractivity contribution in [3.05, 3.63) is 35.5 Å². The smallest absolute Gasteiger partial charge is 0.335 e. The van der Waals surface area contributed by atoms with E-state index in [0.29, 0.717) is 16.5 Å². The lowest BCUT2D eigenvalue weighted by Crippen LogP contribution is -2.57. The second kappa shape index (κ2) is 6.51. The number of aliphatic carboxylic acids is 3. The fourth-order valence-corrected chi connectivity index (χ4v) is 2.52. The van der Waals surface area contributed by atoms with Crippen LogP contribution in [0.15, 0.2) is 24.4 Å². The van der Waals surface area contributed by atoms with E-state index in [9.17, 15) is 24.6 Å². The molecule has 0 radical (unpaired) electrons. The van der Waals surface area contributed by atoms with Crippen LogP contribution >= 0.6 is 0 Å². The number of H-pyrrole nitrogens is 1. The number of aromatic nitrogens is 1. The van der Waals surface area contributed by atoms with Crippen LogP contribution in [-0.4, -0.2) is 55.5 Å². The second-order valence-electron chi connectivity index (χ2n) is 5.64. The normalized spacial score (nSPS) is 16.1. The Bertz CT molecular complexity index is 847. The average molecular weight is 351 g/mol. The maximum atomic E-state index is 11.5. The van der Waals surface area contributed by atoms with Crippen LogP contribution in [0.25, 0.3) is 10.9 Å². The summed E-state index contributed by atoms with van der Waals surface area (Å²) in [7, 11) is 0. The van der Waals surface area contributed by atoms with Gasteiger partial charge in [0.25, 0.3) is 0 Å². The number of carboxylic acid groups (broad SMARTS) is 3. The van der Waals surface area contributed by atoms with E-state index in [4.69, 9.17) is 21.7 Å². The van der Waals surface area contributed by atoms with Gasteiger partial charge in [0.15, 0.2) is 11.6 Å². The molecule has 1 heterocycles. The fourth-order valence-electron chi connectivity index (χ4n) is 2.52. The number of hydrogen-bond acceptors (Lipinski definition) is 6. The Labute approximate surface area is 140 Å². The van der Waals surface area contributed by atoms with Crippen LogP contribution < -0.4 is 11.5 Å². The van der Waals surface area contributed by atoms with Crippen LogP contribution in [0.4, 0.5) is 0 Å². The first-order valence-corrected chi connectivity index (χ1v) is 7.11. The molecule has 3 atom stereocenters. The van der Waals surface area contributed by atoms with E-state index in [0.717, 1.165) is 0 Å². The summed E-state index contributed by atoms with van der Waals surface area (Å²) in [5.41, 5.74) is 9.53. The van der Waals surface area contributed by atoms with Gasteiger partial charge in [-0.3, -0.25) is 4.79 Å². The highest BCUT2D eigenvalue weighted by Crippen LogP contribution is 2.29. The van der Waals surface area contributed by atoms with Crippen molar-refractivity contribution in [1.29, 1.82) is 0 Å². The van der Waals surface area contributed by atoms with Crippen LogP contribution in [0.3, 0.4) is 0 Å². The third-order valence-electron chi connectivity index (χ3n) is 4.02. The minimum atomic E-state index is -2.58. The van der Waals surface area contributed by atoms with Gasteiger partial charge in [0.2, 0.25) is 0 Å². The lowest BCUT2D eigenvalue weighted by molar-refractivity contribution is -0.162. The van der Waals surface area contributed by atoms with Gasteiger partial charge in [0, 0.05) is 23.5 Å². The average Bonchev–Trinajstić information content (AvgIpc) is 2.95. The van der Waals surface area contributed by atoms with Gasteiger partial charge in [-0.2, -0.15) is 0 Å². The van der Waals surface area contributed by atoms with Gasteiger partial charge in [-0.05, 0) is 23.3 Å². The van der Waals surface area contributed by atoms with Crippen LogP contribution in [-0.2, 0) is 26.3 Å². The van der Waals surface area contributed by atoms with Gasteiger partial charge >= 0.3 is 17.9 Å². The molecule has 0 amide bonds. The summed E-state index contributed by atoms with van der Waals surface area (Å²) in [6.45, 7) is 0. The topological polar surface area (TPSA) is 200 Å². The Morgan fingerprint density at radius 1 is 1.16 bits per heavy atom. The number of aromatic amines is 1. The molecule has 2 unspecified atom stereocenters. The molecule has 0 aliphatic rings. The Hall–Kier alpha value is -2.95. The summed E-state index contributed by atoms with van der Waals surface area (Å²) in [5.74, 6) is -4.71. The minimum Gasteiger partial charge on any atom is -0.480 e. The number of aliphatic hydroxyl groups is 1. The molecule has 1 aromatic carbocycles. The lowest BCUT2D eigenvalue weighted by Gasteiger charge is -2.28. The molecule has 0 spiro atoms. The monoisotopic (exact) mass is 351 g/mol. The largest absolute Gasteiger partial charge is 0.480 e. The molecule has 0 aliphatic carbocycles. The third kappa shape index (κ3) is 3.18. The molecular formula is C15H17N3O7. The van der Waals surface area contributed by atoms with Crippen molar-refractivity contribution < 1.29 is 34.8 Å². The number of rotatable bonds is 7. The highest BCUT2D eigenvalue weighted by Gasteiger charge is 2.47. The summed E-state index contributed by atoms with van der Waals surface area (Å²) in [6, 6.07) is 2.87. The van der Waals surface area contributed by atoms with Crippen LogP contribution in [0, 0.1) is 0 Å². The van der Waals surface area contributed by atoms with E-state index in [1.165, 1.54) is 24.4 Å². The highest BCUT2D eigenvalue weighted by molar-refractivity contribution is 5.92. The molecule has 0 saturated heterocycles. The van der Waals surface area contributed by atoms with Gasteiger partial charge in [0.1, 0.15) is 6.04 Å². The van der Waals surface area contributed by atoms with Crippen LogP contribution in [0.5, 0.6) is 0 Å². The Kier molecular flexibility index (Phi) is 4.79. The van der Waals surface area contributed by atoms with Crippen molar-refractivity contribution in [2.75, 3.05) is 0 Å². The van der Waals surface area contributed by atoms with Crippen LogP contribution in [0.1, 0.15) is 11.1 Å². The molecule has 25 heavy (non-hydrogen) atoms. The van der Waals surface area contributed by atoms with Crippen molar-refractivity contribution in [2.24, 2.45) is 11.5 Å². The molecule has 1 aromatic heterocycles. The summed E-state index contributed by atoms with van der Waals surface area (Å²) in [6.07, 6.45) is -0.902. The molecular weight excluding hydrogens is 334 g/mol. The molecule has 134 valence electrons. The molecule has 10 nitrogen and oxygen atoms in total. The summed E-state index contributed by atoms with van der Waals surface area (Å²) in [5, 5.41) is 37.4. The van der Waals surface area contributed by atoms with E-state index in [-0.39, 0.29) is 12.0 Å². The SMILES string of the molecule is NC(Cc1c[nH]c2ccc([C@@](N)(C(=O)O)C(O)C(=O)O)cc12)C(=O)O. The molecule has 9 N–H and O–H groups in total. The first-order chi connectivity index (χ1) is 11.6. The van der Waals surface area contributed by atoms with Gasteiger partial charge < -0.3 is 36.9 Å². The predicted octanol–water partition coefficient (Wildman–Crippen LogP) is -1.19. The van der Waals surface area contributed by atoms with Gasteiger partial charge in [-0.1, -0.05) is 6.07 Å². The summed E-state index contributed by atoms with van der Waals surface area (Å²) < 4.78 is 0. The number of hydrogen-bond donors (Lipinski definition) is 7. The number of nitrogens with two attached hydrogens (primary N) is 2. The zero-order valence-corrected chi connectivity index (χ0v) is 12.8. The van der Waals surface area contributed by atoms with Crippen molar-refractivity contribution in [1.82, 2.24) is 4.98 Å². The van der Waals surface area contributed by atoms with Crippen LogP contribution in [0.2, 0.25) is 0 Å². The highest BCUT2D eigenvalue weighted by atomic mass is 16.4. The molecule has 0 aliphatic heterocycles. The van der Waals surface area contributed by atoms with E-state index >= 15 is 0 Å².